The fraction of sp³-hybridized carbons (Fsp3) is 0.783. The van der Waals surface area contributed by atoms with Crippen molar-refractivity contribution in [2.75, 3.05) is 0 Å². The predicted molar refractivity (Wildman–Crippen MR) is 102 cm³/mol. The molecule has 3 saturated carbocycles. The molecule has 6 atom stereocenters. The van der Waals surface area contributed by atoms with Gasteiger partial charge in [0, 0.05) is 18.8 Å². The zero-order valence-electron chi connectivity index (χ0n) is 17.1. The topological polar surface area (TPSA) is 60.4 Å². The molecule has 0 spiro atoms. The van der Waals surface area contributed by atoms with Crippen LogP contribution in [0.3, 0.4) is 0 Å². The molecule has 0 saturated heterocycles. The SMILES string of the molecule is CC(=O)O[C@@]1(C(C)=O)CC[C@@H]2[C@@H]3CCC4=CC(=O)CC[C@]4(C)[C@H]3CC[C@@]21C. The summed E-state index contributed by atoms with van der Waals surface area (Å²) >= 11 is 0. The summed E-state index contributed by atoms with van der Waals surface area (Å²) in [5.74, 6) is 1.48. The molecule has 0 bridgehead atoms. The number of rotatable bonds is 2. The maximum Gasteiger partial charge on any atom is 0.303 e. The van der Waals surface area contributed by atoms with Gasteiger partial charge in [-0.3, -0.25) is 14.4 Å². The largest absolute Gasteiger partial charge is 0.451 e. The first kappa shape index (κ1) is 18.9. The lowest BCUT2D eigenvalue weighted by molar-refractivity contribution is -0.187. The number of ether oxygens (including phenoxy) is 1. The molecule has 0 N–H and O–H groups in total. The monoisotopic (exact) mass is 372 g/mol. The lowest BCUT2D eigenvalue weighted by Crippen LogP contribution is -2.58. The standard InChI is InChI=1S/C23H32O4/c1-14(24)23(27-15(2)25)12-9-20-18-6-5-16-13-17(26)7-10-21(16,3)19(18)8-11-22(20,23)4/h13,18-20H,5-12H2,1-4H3/t18-,19+,20-,21+,22+,23-/m1/s1. The van der Waals surface area contributed by atoms with Crippen LogP contribution in [0.15, 0.2) is 11.6 Å². The second-order valence-corrected chi connectivity index (χ2v) is 9.94. The molecular formula is C23H32O4. The number of carbonyl (C=O) groups excluding carboxylic acids is 3. The van der Waals surface area contributed by atoms with Gasteiger partial charge >= 0.3 is 5.97 Å². The third kappa shape index (κ3) is 2.44. The van der Waals surface area contributed by atoms with Gasteiger partial charge in [-0.25, -0.2) is 0 Å². The molecule has 0 aromatic rings. The van der Waals surface area contributed by atoms with Crippen LogP contribution in [0.5, 0.6) is 0 Å². The zero-order valence-corrected chi connectivity index (χ0v) is 17.1. The maximum atomic E-state index is 12.7. The highest BCUT2D eigenvalue weighted by Crippen LogP contribution is 2.68. The van der Waals surface area contributed by atoms with Crippen molar-refractivity contribution in [1.82, 2.24) is 0 Å². The van der Waals surface area contributed by atoms with Gasteiger partial charge in [0.15, 0.2) is 17.2 Å². The lowest BCUT2D eigenvalue weighted by Gasteiger charge is -2.59. The lowest BCUT2D eigenvalue weighted by atomic mass is 9.46. The van der Waals surface area contributed by atoms with E-state index in [2.05, 4.69) is 13.8 Å². The Morgan fingerprint density at radius 2 is 1.70 bits per heavy atom. The molecule has 0 unspecified atom stereocenters. The minimum Gasteiger partial charge on any atom is -0.451 e. The third-order valence-electron chi connectivity index (χ3n) is 8.97. The highest BCUT2D eigenvalue weighted by Gasteiger charge is 2.67. The van der Waals surface area contributed by atoms with E-state index in [0.29, 0.717) is 30.6 Å². The van der Waals surface area contributed by atoms with E-state index in [-0.39, 0.29) is 28.4 Å². The Bertz CT molecular complexity index is 737. The van der Waals surface area contributed by atoms with Crippen LogP contribution >= 0.6 is 0 Å². The number of hydrogen-bond acceptors (Lipinski definition) is 4. The van der Waals surface area contributed by atoms with Crippen LogP contribution in [0, 0.1) is 28.6 Å². The van der Waals surface area contributed by atoms with Gasteiger partial charge in [0.2, 0.25) is 0 Å². The normalized spacial score (nSPS) is 46.0. The molecule has 27 heavy (non-hydrogen) atoms. The van der Waals surface area contributed by atoms with Gasteiger partial charge < -0.3 is 4.74 Å². The first-order valence-corrected chi connectivity index (χ1v) is 10.6. The highest BCUT2D eigenvalue weighted by molar-refractivity contribution is 5.91. The fourth-order valence-electron chi connectivity index (χ4n) is 7.62. The van der Waals surface area contributed by atoms with E-state index in [4.69, 9.17) is 4.74 Å². The summed E-state index contributed by atoms with van der Waals surface area (Å²) in [7, 11) is 0. The molecular weight excluding hydrogens is 340 g/mol. The van der Waals surface area contributed by atoms with Crippen LogP contribution in [-0.2, 0) is 19.1 Å². The van der Waals surface area contributed by atoms with Crippen LogP contribution in [-0.4, -0.2) is 23.1 Å². The molecule has 4 nitrogen and oxygen atoms in total. The third-order valence-corrected chi connectivity index (χ3v) is 8.97. The van der Waals surface area contributed by atoms with Gasteiger partial charge in [0.1, 0.15) is 0 Å². The van der Waals surface area contributed by atoms with E-state index in [1.807, 2.05) is 6.08 Å². The number of hydrogen-bond donors (Lipinski definition) is 0. The van der Waals surface area contributed by atoms with Crippen LogP contribution in [0.25, 0.3) is 0 Å². The Hall–Kier alpha value is -1.45. The number of Topliss-reactive ketones (excluding diaryl/α,β-unsaturated/α-hetero) is 1. The number of fused-ring (bicyclic) bond motifs is 5. The van der Waals surface area contributed by atoms with Crippen molar-refractivity contribution in [3.05, 3.63) is 11.6 Å². The summed E-state index contributed by atoms with van der Waals surface area (Å²) in [5, 5.41) is 0. The van der Waals surface area contributed by atoms with Crippen LogP contribution in [0.1, 0.15) is 79.1 Å². The first-order valence-electron chi connectivity index (χ1n) is 10.6. The second kappa shape index (κ2) is 6.02. The van der Waals surface area contributed by atoms with E-state index in [0.717, 1.165) is 38.5 Å². The maximum absolute atomic E-state index is 12.7. The fourth-order valence-corrected chi connectivity index (χ4v) is 7.62. The minimum atomic E-state index is -0.950. The zero-order chi connectivity index (χ0) is 19.6. The van der Waals surface area contributed by atoms with Gasteiger partial charge in [-0.1, -0.05) is 19.4 Å². The summed E-state index contributed by atoms with van der Waals surface area (Å²) in [6.07, 6.45) is 9.23. The molecule has 0 amide bonds. The second-order valence-electron chi connectivity index (χ2n) is 9.94. The van der Waals surface area contributed by atoms with E-state index in [1.165, 1.54) is 12.5 Å². The highest BCUT2D eigenvalue weighted by atomic mass is 16.6. The Kier molecular flexibility index (Phi) is 4.21. The Morgan fingerprint density at radius 3 is 2.37 bits per heavy atom. The minimum absolute atomic E-state index is 0.00650. The van der Waals surface area contributed by atoms with Crippen LogP contribution < -0.4 is 0 Å². The first-order chi connectivity index (χ1) is 12.6. The summed E-state index contributed by atoms with van der Waals surface area (Å²) in [5.41, 5.74) is 0.266. The van der Waals surface area contributed by atoms with Crippen LogP contribution in [0.4, 0.5) is 0 Å². The average Bonchev–Trinajstić information content (AvgIpc) is 2.89. The number of ketones is 2. The van der Waals surface area contributed by atoms with Gasteiger partial charge in [-0.15, -0.1) is 0 Å². The van der Waals surface area contributed by atoms with E-state index < -0.39 is 5.60 Å². The van der Waals surface area contributed by atoms with Crippen molar-refractivity contribution in [1.29, 1.82) is 0 Å². The van der Waals surface area contributed by atoms with Crippen molar-refractivity contribution in [3.63, 3.8) is 0 Å². The van der Waals surface area contributed by atoms with Gasteiger partial charge in [0.25, 0.3) is 0 Å². The van der Waals surface area contributed by atoms with Crippen molar-refractivity contribution in [2.45, 2.75) is 84.7 Å². The number of esters is 1. The van der Waals surface area contributed by atoms with Crippen LogP contribution in [0.2, 0.25) is 0 Å². The number of allylic oxidation sites excluding steroid dienone is 1. The van der Waals surface area contributed by atoms with Gasteiger partial charge in [-0.05, 0) is 81.1 Å². The van der Waals surface area contributed by atoms with E-state index in [9.17, 15) is 14.4 Å². The average molecular weight is 373 g/mol. The Morgan fingerprint density at radius 1 is 1.00 bits per heavy atom. The Balaban J connectivity index is 1.70. The van der Waals surface area contributed by atoms with Crippen molar-refractivity contribution >= 4 is 17.5 Å². The molecule has 0 aromatic carbocycles. The summed E-state index contributed by atoms with van der Waals surface area (Å²) < 4.78 is 5.81. The molecule has 148 valence electrons. The predicted octanol–water partition coefficient (Wildman–Crippen LogP) is 4.41. The molecule has 3 fully saturated rings. The van der Waals surface area contributed by atoms with Crippen molar-refractivity contribution < 1.29 is 19.1 Å². The molecule has 4 heteroatoms. The summed E-state index contributed by atoms with van der Waals surface area (Å²) in [6.45, 7) is 7.58. The molecule has 0 radical (unpaired) electrons. The van der Waals surface area contributed by atoms with Crippen molar-refractivity contribution in [2.24, 2.45) is 28.6 Å². The van der Waals surface area contributed by atoms with E-state index in [1.54, 1.807) is 6.92 Å². The van der Waals surface area contributed by atoms with E-state index >= 15 is 0 Å². The summed E-state index contributed by atoms with van der Waals surface area (Å²) in [6, 6.07) is 0. The van der Waals surface area contributed by atoms with Gasteiger partial charge in [-0.2, -0.15) is 0 Å². The van der Waals surface area contributed by atoms with Crippen molar-refractivity contribution in [3.8, 4) is 0 Å². The number of carbonyl (C=O) groups is 3. The smallest absolute Gasteiger partial charge is 0.303 e. The molecule has 0 heterocycles. The molecule has 4 aliphatic carbocycles. The van der Waals surface area contributed by atoms with Gasteiger partial charge in [0.05, 0.1) is 0 Å². The molecule has 4 aliphatic rings. The summed E-state index contributed by atoms with van der Waals surface area (Å²) in [4.78, 5) is 36.5. The molecule has 0 aromatic heterocycles. The molecule has 4 rings (SSSR count). The quantitative estimate of drug-likeness (QED) is 0.674. The molecule has 0 aliphatic heterocycles. The Labute approximate surface area is 162 Å².